The van der Waals surface area contributed by atoms with Gasteiger partial charge < -0.3 is 24.8 Å². The quantitative estimate of drug-likeness (QED) is 0.340. The summed E-state index contributed by atoms with van der Waals surface area (Å²) in [7, 11) is 6.54. The number of nitrogens with zero attached hydrogens (tertiary/aromatic N) is 2. The van der Waals surface area contributed by atoms with Crippen molar-refractivity contribution in [2.24, 2.45) is 4.99 Å². The molecule has 0 aliphatic carbocycles. The molecule has 2 N–H and O–H groups in total. The third-order valence-electron chi connectivity index (χ3n) is 3.81. The Labute approximate surface area is 177 Å². The minimum Gasteiger partial charge on any atom is -0.493 e. The number of nitrogens with one attached hydrogen (secondary N) is 2. The van der Waals surface area contributed by atoms with Crippen LogP contribution in [0.25, 0.3) is 0 Å². The van der Waals surface area contributed by atoms with Gasteiger partial charge in [0.05, 0.1) is 21.3 Å². The highest BCUT2D eigenvalue weighted by molar-refractivity contribution is 14.0. The number of rotatable bonds is 8. The molecule has 2 aromatic rings. The molecule has 0 amide bonds. The molecule has 0 saturated carbocycles. The normalized spacial score (nSPS) is 10.6. The fourth-order valence-corrected chi connectivity index (χ4v) is 2.50. The van der Waals surface area contributed by atoms with E-state index >= 15 is 0 Å². The van der Waals surface area contributed by atoms with Crippen molar-refractivity contribution < 1.29 is 14.2 Å². The van der Waals surface area contributed by atoms with Crippen LogP contribution in [0.15, 0.2) is 41.5 Å². The summed E-state index contributed by atoms with van der Waals surface area (Å²) in [5, 5.41) is 6.56. The number of pyridine rings is 1. The lowest BCUT2D eigenvalue weighted by molar-refractivity contribution is 0.323. The number of aliphatic imine (C=N–C) groups is 1. The predicted octanol–water partition coefficient (Wildman–Crippen LogP) is 2.63. The van der Waals surface area contributed by atoms with Crippen LogP contribution in [0.5, 0.6) is 17.2 Å². The second-order valence-corrected chi connectivity index (χ2v) is 5.46. The first-order chi connectivity index (χ1) is 12.7. The fourth-order valence-electron chi connectivity index (χ4n) is 2.50. The maximum absolute atomic E-state index is 5.38. The summed E-state index contributed by atoms with van der Waals surface area (Å²) >= 11 is 0. The molecule has 0 atom stereocenters. The zero-order valence-electron chi connectivity index (χ0n) is 16.1. The molecule has 7 nitrogen and oxygen atoms in total. The van der Waals surface area contributed by atoms with Crippen molar-refractivity contribution in [1.29, 1.82) is 0 Å². The van der Waals surface area contributed by atoms with Gasteiger partial charge in [-0.1, -0.05) is 6.07 Å². The van der Waals surface area contributed by atoms with Gasteiger partial charge in [0, 0.05) is 38.4 Å². The molecule has 0 aliphatic rings. The van der Waals surface area contributed by atoms with E-state index in [9.17, 15) is 0 Å². The molecule has 8 heteroatoms. The van der Waals surface area contributed by atoms with Crippen LogP contribution in [0.4, 0.5) is 0 Å². The Morgan fingerprint density at radius 3 is 2.26 bits per heavy atom. The second kappa shape index (κ2) is 12.2. The molecule has 1 aromatic carbocycles. The fraction of sp³-hybridized carbons (Fsp3) is 0.368. The number of benzene rings is 1. The molecule has 0 spiro atoms. The van der Waals surface area contributed by atoms with Crippen LogP contribution in [0, 0.1) is 0 Å². The van der Waals surface area contributed by atoms with E-state index in [1.165, 1.54) is 0 Å². The highest BCUT2D eigenvalue weighted by Crippen LogP contribution is 2.38. The van der Waals surface area contributed by atoms with E-state index in [1.807, 2.05) is 30.3 Å². The standard InChI is InChI=1S/C19H26N4O3.HI/c1-20-19(22-10-8-15-7-5-6-9-21-15)23-13-14-11-16(24-2)18(26-4)17(12-14)25-3;/h5-7,9,11-12H,8,10,13H2,1-4H3,(H2,20,22,23);1H. The van der Waals surface area contributed by atoms with E-state index in [-0.39, 0.29) is 24.0 Å². The molecule has 0 fully saturated rings. The first kappa shape index (κ1) is 22.8. The number of hydrogen-bond acceptors (Lipinski definition) is 5. The van der Waals surface area contributed by atoms with Crippen molar-refractivity contribution in [3.63, 3.8) is 0 Å². The Bertz CT molecular complexity index is 701. The van der Waals surface area contributed by atoms with Gasteiger partial charge in [0.1, 0.15) is 0 Å². The van der Waals surface area contributed by atoms with Crippen LogP contribution < -0.4 is 24.8 Å². The van der Waals surface area contributed by atoms with Crippen LogP contribution in [0.1, 0.15) is 11.3 Å². The van der Waals surface area contributed by atoms with Gasteiger partial charge in [-0.05, 0) is 29.8 Å². The number of guanidine groups is 1. The summed E-state index contributed by atoms with van der Waals surface area (Å²) in [5.74, 6) is 2.55. The van der Waals surface area contributed by atoms with Gasteiger partial charge in [-0.2, -0.15) is 0 Å². The van der Waals surface area contributed by atoms with Crippen molar-refractivity contribution in [3.05, 3.63) is 47.8 Å². The smallest absolute Gasteiger partial charge is 0.203 e. The van der Waals surface area contributed by atoms with Crippen molar-refractivity contribution >= 4 is 29.9 Å². The Morgan fingerprint density at radius 1 is 1.04 bits per heavy atom. The van der Waals surface area contributed by atoms with Crippen LogP contribution in [0.3, 0.4) is 0 Å². The first-order valence-corrected chi connectivity index (χ1v) is 8.35. The molecule has 2 rings (SSSR count). The van der Waals surface area contributed by atoms with E-state index in [1.54, 1.807) is 34.6 Å². The van der Waals surface area contributed by atoms with Gasteiger partial charge >= 0.3 is 0 Å². The van der Waals surface area contributed by atoms with Crippen molar-refractivity contribution in [1.82, 2.24) is 15.6 Å². The monoisotopic (exact) mass is 486 g/mol. The minimum atomic E-state index is 0. The molecule has 0 saturated heterocycles. The number of halogens is 1. The highest BCUT2D eigenvalue weighted by atomic mass is 127. The molecule has 1 heterocycles. The molecule has 1 aromatic heterocycles. The molecule has 0 bridgehead atoms. The van der Waals surface area contributed by atoms with E-state index < -0.39 is 0 Å². The Morgan fingerprint density at radius 2 is 1.74 bits per heavy atom. The zero-order chi connectivity index (χ0) is 18.8. The maximum Gasteiger partial charge on any atom is 0.203 e. The summed E-state index contributed by atoms with van der Waals surface area (Å²) in [6.45, 7) is 1.31. The summed E-state index contributed by atoms with van der Waals surface area (Å²) < 4.78 is 16.1. The first-order valence-electron chi connectivity index (χ1n) is 8.35. The van der Waals surface area contributed by atoms with Crippen LogP contribution >= 0.6 is 24.0 Å². The lowest BCUT2D eigenvalue weighted by Gasteiger charge is -2.16. The molecule has 27 heavy (non-hydrogen) atoms. The number of ether oxygens (including phenoxy) is 3. The number of hydrogen-bond donors (Lipinski definition) is 2. The van der Waals surface area contributed by atoms with Crippen LogP contribution in [-0.4, -0.2) is 45.9 Å². The maximum atomic E-state index is 5.38. The predicted molar refractivity (Wildman–Crippen MR) is 118 cm³/mol. The van der Waals surface area contributed by atoms with Gasteiger partial charge in [-0.25, -0.2) is 0 Å². The van der Waals surface area contributed by atoms with E-state index in [2.05, 4.69) is 20.6 Å². The Kier molecular flexibility index (Phi) is 10.3. The van der Waals surface area contributed by atoms with Gasteiger partial charge in [-0.15, -0.1) is 24.0 Å². The van der Waals surface area contributed by atoms with Crippen molar-refractivity contribution in [2.45, 2.75) is 13.0 Å². The number of methoxy groups -OCH3 is 3. The van der Waals surface area contributed by atoms with Gasteiger partial charge in [0.25, 0.3) is 0 Å². The molecular weight excluding hydrogens is 459 g/mol. The molecular formula is C19H27IN4O3. The van der Waals surface area contributed by atoms with E-state index in [4.69, 9.17) is 14.2 Å². The average Bonchev–Trinajstić information content (AvgIpc) is 2.70. The summed E-state index contributed by atoms with van der Waals surface area (Å²) in [6.07, 6.45) is 2.62. The minimum absolute atomic E-state index is 0. The summed E-state index contributed by atoms with van der Waals surface area (Å²) in [5.41, 5.74) is 2.03. The lowest BCUT2D eigenvalue weighted by atomic mass is 10.2. The molecule has 0 unspecified atom stereocenters. The third-order valence-corrected chi connectivity index (χ3v) is 3.81. The molecule has 0 aliphatic heterocycles. The third kappa shape index (κ3) is 6.78. The topological polar surface area (TPSA) is 77.0 Å². The average molecular weight is 486 g/mol. The summed E-state index contributed by atoms with van der Waals surface area (Å²) in [6, 6.07) is 9.73. The van der Waals surface area contributed by atoms with E-state index in [0.29, 0.717) is 23.8 Å². The van der Waals surface area contributed by atoms with Crippen LogP contribution in [0.2, 0.25) is 0 Å². The Balaban J connectivity index is 0.00000364. The van der Waals surface area contributed by atoms with Crippen LogP contribution in [-0.2, 0) is 13.0 Å². The number of aromatic nitrogens is 1. The largest absolute Gasteiger partial charge is 0.493 e. The van der Waals surface area contributed by atoms with E-state index in [0.717, 1.165) is 30.2 Å². The summed E-state index contributed by atoms with van der Waals surface area (Å²) in [4.78, 5) is 8.55. The lowest BCUT2D eigenvalue weighted by Crippen LogP contribution is -2.37. The SMILES string of the molecule is CN=C(NCCc1ccccn1)NCc1cc(OC)c(OC)c(OC)c1.I. The zero-order valence-corrected chi connectivity index (χ0v) is 18.4. The second-order valence-electron chi connectivity index (χ2n) is 5.46. The van der Waals surface area contributed by atoms with Crippen molar-refractivity contribution in [2.75, 3.05) is 34.9 Å². The van der Waals surface area contributed by atoms with Gasteiger partial charge in [0.2, 0.25) is 5.75 Å². The van der Waals surface area contributed by atoms with Crippen molar-refractivity contribution in [3.8, 4) is 17.2 Å². The highest BCUT2D eigenvalue weighted by Gasteiger charge is 2.13. The molecule has 148 valence electrons. The van der Waals surface area contributed by atoms with Gasteiger partial charge in [0.15, 0.2) is 17.5 Å². The molecule has 0 radical (unpaired) electrons. The Hall–Kier alpha value is -2.23. The van der Waals surface area contributed by atoms with Gasteiger partial charge in [-0.3, -0.25) is 9.98 Å².